The van der Waals surface area contributed by atoms with Gasteiger partial charge >= 0.3 is 0 Å². The second-order valence-corrected chi connectivity index (χ2v) is 12.3. The van der Waals surface area contributed by atoms with E-state index in [1.165, 1.54) is 11.4 Å². The second kappa shape index (κ2) is 14.3. The molecule has 1 atom stereocenters. The first kappa shape index (κ1) is 32.4. The normalized spacial score (nSPS) is 14.7. The molecule has 3 aromatic carbocycles. The molecule has 0 radical (unpaired) electrons. The predicted octanol–water partition coefficient (Wildman–Crippen LogP) is 5.03. The Morgan fingerprint density at radius 3 is 2.42 bits per heavy atom. The van der Waals surface area contributed by atoms with Crippen molar-refractivity contribution in [2.24, 2.45) is 0 Å². The zero-order chi connectivity index (χ0) is 31.1. The van der Waals surface area contributed by atoms with Gasteiger partial charge in [-0.1, -0.05) is 52.0 Å². The van der Waals surface area contributed by atoms with Crippen LogP contribution in [0.25, 0.3) is 10.8 Å². The van der Waals surface area contributed by atoms with Crippen molar-refractivity contribution < 1.29 is 32.6 Å². The van der Waals surface area contributed by atoms with Crippen LogP contribution in [0.15, 0.2) is 48.5 Å². The lowest BCUT2D eigenvalue weighted by molar-refractivity contribution is -0.112. The van der Waals surface area contributed by atoms with E-state index in [1.54, 1.807) is 30.3 Å². The highest BCUT2D eigenvalue weighted by molar-refractivity contribution is 7.80. The van der Waals surface area contributed by atoms with E-state index in [-0.39, 0.29) is 29.0 Å². The maximum absolute atomic E-state index is 13.6. The first-order valence-electron chi connectivity index (χ1n) is 14.5. The number of hydrogen-bond donors (Lipinski definition) is 2. The summed E-state index contributed by atoms with van der Waals surface area (Å²) in [7, 11) is 1.42. The lowest BCUT2D eigenvalue weighted by Crippen LogP contribution is -2.38. The molecule has 232 valence electrons. The molecule has 0 aromatic heterocycles. The Morgan fingerprint density at radius 1 is 1.09 bits per heavy atom. The van der Waals surface area contributed by atoms with Gasteiger partial charge in [-0.2, -0.15) is 0 Å². The fourth-order valence-corrected chi connectivity index (χ4v) is 5.67. The van der Waals surface area contributed by atoms with Crippen LogP contribution in [-0.4, -0.2) is 78.5 Å². The van der Waals surface area contributed by atoms with Gasteiger partial charge in [0.05, 0.1) is 31.7 Å². The molecule has 1 unspecified atom stereocenters. The summed E-state index contributed by atoms with van der Waals surface area (Å²) in [5.74, 6) is -0.748. The summed E-state index contributed by atoms with van der Waals surface area (Å²) >= 11 is -2.33. The van der Waals surface area contributed by atoms with Gasteiger partial charge in [0.25, 0.3) is 23.0 Å². The van der Waals surface area contributed by atoms with Crippen LogP contribution >= 0.6 is 0 Å². The van der Waals surface area contributed by atoms with Gasteiger partial charge in [0.2, 0.25) is 0 Å². The average molecular weight is 612 g/mol. The smallest absolute Gasteiger partial charge is 0.296 e. The van der Waals surface area contributed by atoms with Gasteiger partial charge in [0.15, 0.2) is 5.75 Å². The number of nitrogens with zero attached hydrogens (tertiary/aromatic N) is 2. The molecule has 0 bridgehead atoms. The summed E-state index contributed by atoms with van der Waals surface area (Å²) < 4.78 is 40.8. The number of ketones is 1. The molecule has 1 heterocycles. The minimum atomic E-state index is -2.33. The number of amides is 1. The molecule has 2 N–H and O–H groups in total. The number of fused-ring (bicyclic) bond motifs is 1. The number of benzene rings is 3. The molecule has 1 aliphatic heterocycles. The Bertz CT molecular complexity index is 1480. The molecule has 0 saturated carbocycles. The number of ether oxygens (including phenoxy) is 3. The van der Waals surface area contributed by atoms with Crippen LogP contribution in [0.2, 0.25) is 0 Å². The van der Waals surface area contributed by atoms with E-state index in [1.807, 2.05) is 45.9 Å². The van der Waals surface area contributed by atoms with Gasteiger partial charge in [-0.3, -0.25) is 23.3 Å². The fraction of sp³-hybridized carbons (Fsp3) is 0.438. The van der Waals surface area contributed by atoms with E-state index in [2.05, 4.69) is 10.2 Å². The number of anilines is 2. The van der Waals surface area contributed by atoms with Gasteiger partial charge in [-0.05, 0) is 47.1 Å². The number of carbonyl (C=O) groups is 2. The summed E-state index contributed by atoms with van der Waals surface area (Å²) in [6.45, 7) is 12.6. The van der Waals surface area contributed by atoms with Crippen LogP contribution in [0.1, 0.15) is 50.0 Å². The third-order valence-corrected chi connectivity index (χ3v) is 8.13. The zero-order valence-corrected chi connectivity index (χ0v) is 26.3. The van der Waals surface area contributed by atoms with E-state index in [9.17, 15) is 18.4 Å². The van der Waals surface area contributed by atoms with E-state index in [0.29, 0.717) is 43.1 Å². The second-order valence-electron chi connectivity index (χ2n) is 11.4. The molecule has 1 aliphatic rings. The first-order valence-corrected chi connectivity index (χ1v) is 15.5. The predicted molar refractivity (Wildman–Crippen MR) is 170 cm³/mol. The minimum absolute atomic E-state index is 0.193. The largest absolute Gasteiger partial charge is 0.492 e. The van der Waals surface area contributed by atoms with Crippen LogP contribution in [0.5, 0.6) is 11.5 Å². The molecule has 1 amide bonds. The number of nitrogens with one attached hydrogen (secondary N) is 1. The highest BCUT2D eigenvalue weighted by Crippen LogP contribution is 2.41. The Labute approximate surface area is 255 Å². The van der Waals surface area contributed by atoms with Crippen LogP contribution in [0.3, 0.4) is 0 Å². The van der Waals surface area contributed by atoms with Gasteiger partial charge in [0, 0.05) is 37.1 Å². The average Bonchev–Trinajstić information content (AvgIpc) is 2.99. The number of methoxy groups -OCH3 is 1. The number of Topliss-reactive ketones (excluding diaryl/α,β-unsaturated/α-hetero) is 1. The topological polar surface area (TPSA) is 118 Å². The fourth-order valence-electron chi connectivity index (χ4n) is 5.03. The van der Waals surface area contributed by atoms with Gasteiger partial charge in [-0.25, -0.2) is 4.21 Å². The molecule has 3 aromatic rings. The van der Waals surface area contributed by atoms with Crippen molar-refractivity contribution in [3.05, 3.63) is 59.7 Å². The molecule has 11 heteroatoms. The number of carbonyl (C=O) groups excluding carboxylic acids is 2. The van der Waals surface area contributed by atoms with Gasteiger partial charge in [0.1, 0.15) is 12.4 Å². The van der Waals surface area contributed by atoms with E-state index < -0.39 is 23.0 Å². The molecule has 1 saturated heterocycles. The van der Waals surface area contributed by atoms with Crippen LogP contribution in [0, 0.1) is 0 Å². The molecule has 0 spiro atoms. The van der Waals surface area contributed by atoms with Crippen molar-refractivity contribution in [3.8, 4) is 11.5 Å². The number of morpholine rings is 1. The van der Waals surface area contributed by atoms with Crippen LogP contribution in [-0.2, 0) is 26.2 Å². The molecular formula is C32H41N3O7S. The summed E-state index contributed by atoms with van der Waals surface area (Å²) in [6.07, 6.45) is 0.607. The quantitative estimate of drug-likeness (QED) is 0.166. The lowest BCUT2D eigenvalue weighted by atomic mass is 9.86. The van der Waals surface area contributed by atoms with Crippen molar-refractivity contribution >= 4 is 45.1 Å². The van der Waals surface area contributed by atoms with Gasteiger partial charge < -0.3 is 19.5 Å². The number of rotatable bonds is 12. The van der Waals surface area contributed by atoms with Crippen LogP contribution in [0.4, 0.5) is 11.4 Å². The lowest BCUT2D eigenvalue weighted by Gasteiger charge is -2.27. The molecular weight excluding hydrogens is 570 g/mol. The summed E-state index contributed by atoms with van der Waals surface area (Å²) in [4.78, 5) is 29.3. The van der Waals surface area contributed by atoms with E-state index in [0.717, 1.165) is 30.6 Å². The molecule has 43 heavy (non-hydrogen) atoms. The zero-order valence-electron chi connectivity index (χ0n) is 25.5. The van der Waals surface area contributed by atoms with E-state index >= 15 is 0 Å². The molecule has 0 aliphatic carbocycles. The highest BCUT2D eigenvalue weighted by Gasteiger charge is 2.27. The SMILES string of the molecule is CCCN(c1cc(C(C)(C)C)cc(NC(=O)C(=O)c2ccc(OCCN3CCOCC3)c3ccccc23)c1OC)S(=O)O. The van der Waals surface area contributed by atoms with Crippen molar-refractivity contribution in [2.45, 2.75) is 39.5 Å². The van der Waals surface area contributed by atoms with E-state index in [4.69, 9.17) is 14.2 Å². The maximum atomic E-state index is 13.6. The van der Waals surface area contributed by atoms with Crippen molar-refractivity contribution in [1.82, 2.24) is 4.90 Å². The Balaban J connectivity index is 1.63. The highest BCUT2D eigenvalue weighted by atomic mass is 32.2. The van der Waals surface area contributed by atoms with Crippen molar-refractivity contribution in [2.75, 3.05) is 62.7 Å². The van der Waals surface area contributed by atoms with Crippen molar-refractivity contribution in [1.29, 1.82) is 0 Å². The minimum Gasteiger partial charge on any atom is -0.492 e. The Hall–Kier alpha value is -3.51. The monoisotopic (exact) mass is 611 g/mol. The standard InChI is InChI=1S/C32H41N3O7S/c1-6-13-35(43(38)39)27-21-22(32(2,3)4)20-26(30(27)40-5)33-31(37)29(36)25-11-12-28(24-10-8-7-9-23(24)25)42-19-16-34-14-17-41-18-15-34/h7-12,20-21H,6,13-19H2,1-5H3,(H,33,37)(H,38,39). The maximum Gasteiger partial charge on any atom is 0.296 e. The Morgan fingerprint density at radius 2 is 1.79 bits per heavy atom. The molecule has 10 nitrogen and oxygen atoms in total. The summed E-state index contributed by atoms with van der Waals surface area (Å²) in [5.41, 5.74) is 1.25. The Kier molecular flexibility index (Phi) is 10.8. The van der Waals surface area contributed by atoms with Crippen LogP contribution < -0.4 is 19.1 Å². The molecule has 1 fully saturated rings. The first-order chi connectivity index (χ1) is 20.5. The third kappa shape index (κ3) is 7.72. The van der Waals surface area contributed by atoms with Crippen molar-refractivity contribution in [3.63, 3.8) is 0 Å². The summed E-state index contributed by atoms with van der Waals surface area (Å²) in [5, 5.41) is 4.07. The van der Waals surface area contributed by atoms with Gasteiger partial charge in [-0.15, -0.1) is 0 Å². The number of hydrogen-bond acceptors (Lipinski definition) is 7. The third-order valence-electron chi connectivity index (χ3n) is 7.38. The molecule has 4 rings (SSSR count). The summed E-state index contributed by atoms with van der Waals surface area (Å²) in [6, 6.07) is 14.2.